The number of hydrogen-bond acceptors (Lipinski definition) is 5. The zero-order valence-electron chi connectivity index (χ0n) is 20.4. The zero-order valence-corrected chi connectivity index (χ0v) is 22.7. The van der Waals surface area contributed by atoms with Crippen molar-refractivity contribution in [2.24, 2.45) is 9.50 Å². The summed E-state index contributed by atoms with van der Waals surface area (Å²) in [7, 11) is -2.60. The van der Waals surface area contributed by atoms with Crippen molar-refractivity contribution in [3.05, 3.63) is 100 Å². The van der Waals surface area contributed by atoms with Crippen molar-refractivity contribution < 1.29 is 8.42 Å². The first-order chi connectivity index (χ1) is 18.2. The predicted octanol–water partition coefficient (Wildman–Crippen LogP) is 5.41. The van der Waals surface area contributed by atoms with Crippen LogP contribution in [-0.4, -0.2) is 55.8 Å². The molecule has 0 radical (unpaired) electrons. The standard InChI is InChI=1S/C27H24Cl2N6O2S/c1-34(17-5-16-30)26(31)27(33-38(36,37)23-14-12-22(29)13-15-23)35-18-24(19-6-3-2-4-7-19)25(32-35)20-8-10-21(28)11-9-20/h2-4,6-15,24,31H,5,17-18H2,1H3. The third-order valence-electron chi connectivity index (χ3n) is 5.97. The SMILES string of the molecule is CN(CCC#N)C(=N)C(=NS(=O)(=O)c1ccc(Cl)cc1)N1CC(c2ccccc2)C(c2ccc(Cl)cc2)=N1. The summed E-state index contributed by atoms with van der Waals surface area (Å²) in [6, 6.07) is 24.7. The Labute approximate surface area is 232 Å². The van der Waals surface area contributed by atoms with Crippen molar-refractivity contribution in [1.29, 1.82) is 10.7 Å². The Hall–Kier alpha value is -3.71. The van der Waals surface area contributed by atoms with E-state index >= 15 is 0 Å². The van der Waals surface area contributed by atoms with Crippen molar-refractivity contribution in [2.75, 3.05) is 20.1 Å². The van der Waals surface area contributed by atoms with Crippen molar-refractivity contribution in [3.8, 4) is 6.07 Å². The second-order valence-corrected chi connectivity index (χ2v) is 11.0. The van der Waals surface area contributed by atoms with E-state index in [-0.39, 0.29) is 42.0 Å². The van der Waals surface area contributed by atoms with Crippen LogP contribution in [0.25, 0.3) is 0 Å². The van der Waals surface area contributed by atoms with Gasteiger partial charge >= 0.3 is 0 Å². The molecule has 0 aliphatic carbocycles. The lowest BCUT2D eigenvalue weighted by atomic mass is 9.91. The first-order valence-electron chi connectivity index (χ1n) is 11.6. The molecule has 1 atom stereocenters. The Bertz CT molecular complexity index is 1520. The van der Waals surface area contributed by atoms with E-state index in [2.05, 4.69) is 4.40 Å². The normalized spacial score (nSPS) is 15.6. The summed E-state index contributed by atoms with van der Waals surface area (Å²) in [5, 5.41) is 25.0. The highest BCUT2D eigenvalue weighted by Gasteiger charge is 2.34. The minimum atomic E-state index is -4.21. The minimum Gasteiger partial charge on any atom is -0.356 e. The molecule has 0 aromatic heterocycles. The molecule has 38 heavy (non-hydrogen) atoms. The molecule has 0 fully saturated rings. The van der Waals surface area contributed by atoms with Crippen LogP contribution in [0.4, 0.5) is 0 Å². The number of halogens is 2. The molecule has 11 heteroatoms. The van der Waals surface area contributed by atoms with Crippen LogP contribution in [0, 0.1) is 16.7 Å². The average molecular weight is 568 g/mol. The van der Waals surface area contributed by atoms with Crippen LogP contribution in [-0.2, 0) is 10.0 Å². The van der Waals surface area contributed by atoms with Crippen LogP contribution < -0.4 is 0 Å². The summed E-state index contributed by atoms with van der Waals surface area (Å²) in [5.74, 6) is -0.547. The highest BCUT2D eigenvalue weighted by atomic mass is 35.5. The molecule has 3 aromatic carbocycles. The van der Waals surface area contributed by atoms with E-state index in [4.69, 9.17) is 39.0 Å². The van der Waals surface area contributed by atoms with Gasteiger partial charge in [0.05, 0.1) is 29.6 Å². The highest BCUT2D eigenvalue weighted by molar-refractivity contribution is 7.90. The van der Waals surface area contributed by atoms with Gasteiger partial charge in [-0.05, 0) is 47.5 Å². The number of nitrogens with one attached hydrogen (secondary N) is 1. The second kappa shape index (κ2) is 11.8. The van der Waals surface area contributed by atoms with Crippen LogP contribution in [0.5, 0.6) is 0 Å². The number of amidine groups is 2. The Balaban J connectivity index is 1.82. The molecular formula is C27H24Cl2N6O2S. The Morgan fingerprint density at radius 1 is 1.08 bits per heavy atom. The lowest BCUT2D eigenvalue weighted by Gasteiger charge is -2.24. The quantitative estimate of drug-likeness (QED) is 0.316. The smallest absolute Gasteiger partial charge is 0.284 e. The van der Waals surface area contributed by atoms with Gasteiger partial charge in [-0.15, -0.1) is 4.40 Å². The number of hydrazone groups is 1. The molecule has 1 unspecified atom stereocenters. The number of nitrogens with zero attached hydrogens (tertiary/aromatic N) is 5. The molecule has 0 spiro atoms. The van der Waals surface area contributed by atoms with Gasteiger partial charge in [-0.25, -0.2) is 5.01 Å². The van der Waals surface area contributed by atoms with E-state index in [9.17, 15) is 8.42 Å². The molecule has 1 heterocycles. The molecular weight excluding hydrogens is 543 g/mol. The monoisotopic (exact) mass is 566 g/mol. The second-order valence-electron chi connectivity index (χ2n) is 8.56. The van der Waals surface area contributed by atoms with Gasteiger partial charge in [0.1, 0.15) is 0 Å². The summed E-state index contributed by atoms with van der Waals surface area (Å²) in [4.78, 5) is 1.42. The number of rotatable bonds is 6. The molecule has 3 aromatic rings. The summed E-state index contributed by atoms with van der Waals surface area (Å²) in [6.07, 6.45) is 0.155. The van der Waals surface area contributed by atoms with Crippen LogP contribution >= 0.6 is 23.2 Å². The lowest BCUT2D eigenvalue weighted by molar-refractivity contribution is 0.462. The predicted molar refractivity (Wildman–Crippen MR) is 151 cm³/mol. The van der Waals surface area contributed by atoms with Crippen LogP contribution in [0.3, 0.4) is 0 Å². The molecule has 1 aliphatic heterocycles. The van der Waals surface area contributed by atoms with Crippen molar-refractivity contribution in [3.63, 3.8) is 0 Å². The third-order valence-corrected chi connectivity index (χ3v) is 7.76. The largest absolute Gasteiger partial charge is 0.356 e. The molecule has 194 valence electrons. The fourth-order valence-electron chi connectivity index (χ4n) is 3.95. The van der Waals surface area contributed by atoms with Gasteiger partial charge in [-0.1, -0.05) is 65.7 Å². The summed E-state index contributed by atoms with van der Waals surface area (Å²) >= 11 is 12.0. The molecule has 1 aliphatic rings. The van der Waals surface area contributed by atoms with E-state index < -0.39 is 10.0 Å². The maximum atomic E-state index is 13.3. The van der Waals surface area contributed by atoms with Gasteiger partial charge in [0.25, 0.3) is 10.0 Å². The van der Waals surface area contributed by atoms with Gasteiger partial charge in [-0.3, -0.25) is 5.41 Å². The Morgan fingerprint density at radius 2 is 1.68 bits per heavy atom. The minimum absolute atomic E-state index is 0.0624. The third kappa shape index (κ3) is 6.22. The van der Waals surface area contributed by atoms with Gasteiger partial charge in [-0.2, -0.15) is 18.8 Å². The molecule has 0 amide bonds. The number of hydrogen-bond donors (Lipinski definition) is 1. The van der Waals surface area contributed by atoms with Gasteiger partial charge in [0.15, 0.2) is 5.84 Å². The van der Waals surface area contributed by atoms with E-state index in [0.29, 0.717) is 15.8 Å². The first-order valence-corrected chi connectivity index (χ1v) is 13.8. The molecule has 0 bridgehead atoms. The number of benzene rings is 3. The maximum absolute atomic E-state index is 13.3. The Kier molecular flexibility index (Phi) is 8.47. The molecule has 8 nitrogen and oxygen atoms in total. The first kappa shape index (κ1) is 27.3. The number of likely N-dealkylation sites (N-methyl/N-ethyl adjacent to an activating group) is 1. The van der Waals surface area contributed by atoms with Crippen LogP contribution in [0.15, 0.2) is 93.3 Å². The topological polar surface area (TPSA) is 113 Å². The summed E-state index contributed by atoms with van der Waals surface area (Å²) in [5.41, 5.74) is 2.49. The van der Waals surface area contributed by atoms with Crippen LogP contribution in [0.2, 0.25) is 10.0 Å². The molecule has 1 N–H and O–H groups in total. The van der Waals surface area contributed by atoms with E-state index in [1.165, 1.54) is 34.2 Å². The van der Waals surface area contributed by atoms with Gasteiger partial charge < -0.3 is 4.90 Å². The molecule has 0 saturated heterocycles. The van der Waals surface area contributed by atoms with Crippen molar-refractivity contribution in [2.45, 2.75) is 17.2 Å². The van der Waals surface area contributed by atoms with Crippen molar-refractivity contribution >= 4 is 50.6 Å². The van der Waals surface area contributed by atoms with Gasteiger partial charge in [0, 0.05) is 29.6 Å². The van der Waals surface area contributed by atoms with E-state index in [0.717, 1.165) is 11.1 Å². The highest BCUT2D eigenvalue weighted by Crippen LogP contribution is 2.30. The number of nitriles is 1. The summed E-state index contributed by atoms with van der Waals surface area (Å²) < 4.78 is 30.7. The van der Waals surface area contributed by atoms with Gasteiger partial charge in [0.2, 0.25) is 5.84 Å². The van der Waals surface area contributed by atoms with Crippen molar-refractivity contribution in [1.82, 2.24) is 9.91 Å². The lowest BCUT2D eigenvalue weighted by Crippen LogP contribution is -2.42. The number of sulfonamides is 1. The average Bonchev–Trinajstić information content (AvgIpc) is 3.36. The molecule has 4 rings (SSSR count). The van der Waals surface area contributed by atoms with Crippen LogP contribution in [0.1, 0.15) is 23.5 Å². The molecule has 0 saturated carbocycles. The van der Waals surface area contributed by atoms with E-state index in [1.54, 1.807) is 19.2 Å². The summed E-state index contributed by atoms with van der Waals surface area (Å²) in [6.45, 7) is 0.477. The maximum Gasteiger partial charge on any atom is 0.284 e. The zero-order chi connectivity index (χ0) is 27.3. The van der Waals surface area contributed by atoms with E-state index in [1.807, 2.05) is 48.5 Å². The Morgan fingerprint density at radius 3 is 2.29 bits per heavy atom. The fraction of sp³-hybridized carbons (Fsp3) is 0.185. The fourth-order valence-corrected chi connectivity index (χ4v) is 5.19.